The van der Waals surface area contributed by atoms with Crippen molar-refractivity contribution in [2.24, 2.45) is 0 Å². The number of rotatable bonds is 6. The van der Waals surface area contributed by atoms with Gasteiger partial charge in [0.1, 0.15) is 11.6 Å². The minimum atomic E-state index is -0.659. The van der Waals surface area contributed by atoms with Crippen LogP contribution in [0.2, 0.25) is 0 Å². The summed E-state index contributed by atoms with van der Waals surface area (Å²) in [4.78, 5) is 31.2. The molecule has 0 radical (unpaired) electrons. The number of carbonyl (C=O) groups excluding carboxylic acids is 1. The summed E-state index contributed by atoms with van der Waals surface area (Å²) in [7, 11) is 0. The van der Waals surface area contributed by atoms with Crippen molar-refractivity contribution in [1.82, 2.24) is 14.5 Å². The van der Waals surface area contributed by atoms with E-state index in [2.05, 4.69) is 4.98 Å². The molecule has 5 nitrogen and oxygen atoms in total. The zero-order valence-electron chi connectivity index (χ0n) is 15.1. The SMILES string of the molecule is O=C(CCn1cnc2ccccc2c1=O)N(Cc1ccc(F)cc1F)C1CC1. The van der Waals surface area contributed by atoms with Crippen molar-refractivity contribution >= 4 is 16.8 Å². The number of aromatic nitrogens is 2. The Morgan fingerprint density at radius 3 is 2.71 bits per heavy atom. The number of fused-ring (bicyclic) bond motifs is 1. The maximum atomic E-state index is 14.0. The van der Waals surface area contributed by atoms with Gasteiger partial charge in [-0.25, -0.2) is 13.8 Å². The summed E-state index contributed by atoms with van der Waals surface area (Å²) >= 11 is 0. The van der Waals surface area contributed by atoms with E-state index >= 15 is 0 Å². The maximum absolute atomic E-state index is 14.0. The number of para-hydroxylation sites is 1. The van der Waals surface area contributed by atoms with Gasteiger partial charge in [0.2, 0.25) is 5.91 Å². The fourth-order valence-corrected chi connectivity index (χ4v) is 3.27. The second-order valence-electron chi connectivity index (χ2n) is 7.00. The monoisotopic (exact) mass is 383 g/mol. The molecule has 1 aliphatic rings. The molecule has 2 aromatic carbocycles. The van der Waals surface area contributed by atoms with E-state index in [0.29, 0.717) is 10.9 Å². The molecule has 0 saturated heterocycles. The van der Waals surface area contributed by atoms with Gasteiger partial charge in [-0.2, -0.15) is 0 Å². The Morgan fingerprint density at radius 2 is 1.96 bits per heavy atom. The number of halogens is 2. The van der Waals surface area contributed by atoms with Crippen molar-refractivity contribution in [3.63, 3.8) is 0 Å². The Hall–Kier alpha value is -3.09. The highest BCUT2D eigenvalue weighted by Crippen LogP contribution is 2.29. The van der Waals surface area contributed by atoms with Gasteiger partial charge in [0.15, 0.2) is 0 Å². The molecular weight excluding hydrogens is 364 g/mol. The van der Waals surface area contributed by atoms with E-state index in [9.17, 15) is 18.4 Å². The second kappa shape index (κ2) is 7.50. The number of benzene rings is 2. The van der Waals surface area contributed by atoms with Crippen LogP contribution in [0.25, 0.3) is 10.9 Å². The van der Waals surface area contributed by atoms with Crippen molar-refractivity contribution < 1.29 is 13.6 Å². The molecule has 4 rings (SSSR count). The van der Waals surface area contributed by atoms with Gasteiger partial charge in [0, 0.05) is 37.2 Å². The molecule has 0 atom stereocenters. The average molecular weight is 383 g/mol. The number of aryl methyl sites for hydroxylation is 1. The normalized spacial score (nSPS) is 13.6. The largest absolute Gasteiger partial charge is 0.335 e. The Kier molecular flexibility index (Phi) is 4.90. The van der Waals surface area contributed by atoms with Crippen LogP contribution < -0.4 is 5.56 Å². The van der Waals surface area contributed by atoms with E-state index in [1.165, 1.54) is 23.0 Å². The quantitative estimate of drug-likeness (QED) is 0.657. The lowest BCUT2D eigenvalue weighted by Gasteiger charge is -2.23. The third-order valence-electron chi connectivity index (χ3n) is 4.96. The first-order chi connectivity index (χ1) is 13.5. The van der Waals surface area contributed by atoms with Crippen LogP contribution >= 0.6 is 0 Å². The van der Waals surface area contributed by atoms with Crippen LogP contribution in [0.1, 0.15) is 24.8 Å². The Morgan fingerprint density at radius 1 is 1.18 bits per heavy atom. The highest BCUT2D eigenvalue weighted by atomic mass is 19.1. The Balaban J connectivity index is 1.48. The van der Waals surface area contributed by atoms with Gasteiger partial charge in [-0.3, -0.25) is 14.2 Å². The zero-order chi connectivity index (χ0) is 19.7. The molecule has 1 aromatic heterocycles. The maximum Gasteiger partial charge on any atom is 0.261 e. The summed E-state index contributed by atoms with van der Waals surface area (Å²) in [5.41, 5.74) is 0.702. The molecule has 1 fully saturated rings. The van der Waals surface area contributed by atoms with Crippen LogP contribution in [0, 0.1) is 11.6 Å². The summed E-state index contributed by atoms with van der Waals surface area (Å²) in [6.07, 6.45) is 3.29. The van der Waals surface area contributed by atoms with Crippen LogP contribution in [0.4, 0.5) is 8.78 Å². The summed E-state index contributed by atoms with van der Waals surface area (Å²) in [5.74, 6) is -1.46. The predicted octanol–water partition coefficient (Wildman–Crippen LogP) is 3.26. The molecule has 1 heterocycles. The third kappa shape index (κ3) is 3.78. The first-order valence-electron chi connectivity index (χ1n) is 9.20. The van der Waals surface area contributed by atoms with Crippen molar-refractivity contribution in [2.45, 2.75) is 38.4 Å². The number of amides is 1. The first kappa shape index (κ1) is 18.3. The lowest BCUT2D eigenvalue weighted by atomic mass is 10.2. The number of nitrogens with zero attached hydrogens (tertiary/aromatic N) is 3. The smallest absolute Gasteiger partial charge is 0.261 e. The highest BCUT2D eigenvalue weighted by Gasteiger charge is 2.32. The number of hydrogen-bond acceptors (Lipinski definition) is 3. The van der Waals surface area contributed by atoms with Gasteiger partial charge in [-0.15, -0.1) is 0 Å². The van der Waals surface area contributed by atoms with Crippen LogP contribution in [0.3, 0.4) is 0 Å². The highest BCUT2D eigenvalue weighted by molar-refractivity contribution is 5.78. The lowest BCUT2D eigenvalue weighted by Crippen LogP contribution is -2.34. The van der Waals surface area contributed by atoms with E-state index in [-0.39, 0.29) is 42.6 Å². The fourth-order valence-electron chi connectivity index (χ4n) is 3.27. The van der Waals surface area contributed by atoms with Gasteiger partial charge in [0.05, 0.1) is 17.2 Å². The number of hydrogen-bond donors (Lipinski definition) is 0. The molecule has 28 heavy (non-hydrogen) atoms. The lowest BCUT2D eigenvalue weighted by molar-refractivity contribution is -0.132. The van der Waals surface area contributed by atoms with Crippen molar-refractivity contribution in [3.05, 3.63) is 76.3 Å². The van der Waals surface area contributed by atoms with E-state index in [1.54, 1.807) is 23.1 Å². The van der Waals surface area contributed by atoms with Crippen LogP contribution in [-0.2, 0) is 17.9 Å². The molecule has 0 bridgehead atoms. The van der Waals surface area contributed by atoms with Gasteiger partial charge in [-0.05, 0) is 31.0 Å². The van der Waals surface area contributed by atoms with Gasteiger partial charge in [-0.1, -0.05) is 18.2 Å². The fraction of sp³-hybridized carbons (Fsp3) is 0.286. The third-order valence-corrected chi connectivity index (χ3v) is 4.96. The molecule has 1 saturated carbocycles. The molecular formula is C21H19F2N3O2. The second-order valence-corrected chi connectivity index (χ2v) is 7.00. The molecule has 7 heteroatoms. The molecule has 0 aliphatic heterocycles. The summed E-state index contributed by atoms with van der Waals surface area (Å²) < 4.78 is 28.5. The van der Waals surface area contributed by atoms with Gasteiger partial charge < -0.3 is 4.90 Å². The molecule has 0 unspecified atom stereocenters. The summed E-state index contributed by atoms with van der Waals surface area (Å²) in [6, 6.07) is 10.5. The standard InChI is InChI=1S/C21H19F2N3O2/c22-15-6-5-14(18(23)11-15)12-26(16-7-8-16)20(27)9-10-25-13-24-19-4-2-1-3-17(19)21(25)28/h1-6,11,13,16H,7-10,12H2. The molecule has 0 N–H and O–H groups in total. The van der Waals surface area contributed by atoms with Gasteiger partial charge in [0.25, 0.3) is 5.56 Å². The van der Waals surface area contributed by atoms with E-state index in [0.717, 1.165) is 18.9 Å². The minimum absolute atomic E-state index is 0.0726. The average Bonchev–Trinajstić information content (AvgIpc) is 3.52. The minimum Gasteiger partial charge on any atom is -0.335 e. The first-order valence-corrected chi connectivity index (χ1v) is 9.20. The zero-order valence-corrected chi connectivity index (χ0v) is 15.1. The van der Waals surface area contributed by atoms with Crippen LogP contribution in [0.5, 0.6) is 0 Å². The predicted molar refractivity (Wildman–Crippen MR) is 101 cm³/mol. The van der Waals surface area contributed by atoms with Crippen LogP contribution in [-0.4, -0.2) is 26.4 Å². The van der Waals surface area contributed by atoms with Crippen LogP contribution in [0.15, 0.2) is 53.6 Å². The van der Waals surface area contributed by atoms with E-state index in [1.807, 2.05) is 6.07 Å². The number of carbonyl (C=O) groups is 1. The molecule has 1 aliphatic carbocycles. The van der Waals surface area contributed by atoms with Gasteiger partial charge >= 0.3 is 0 Å². The van der Waals surface area contributed by atoms with E-state index in [4.69, 9.17) is 0 Å². The van der Waals surface area contributed by atoms with Crippen molar-refractivity contribution in [2.75, 3.05) is 0 Å². The van der Waals surface area contributed by atoms with Crippen molar-refractivity contribution in [1.29, 1.82) is 0 Å². The molecule has 144 valence electrons. The Labute approximate surface area is 160 Å². The summed E-state index contributed by atoms with van der Waals surface area (Å²) in [6.45, 7) is 0.297. The molecule has 0 spiro atoms. The Bertz CT molecular complexity index is 1090. The van der Waals surface area contributed by atoms with E-state index < -0.39 is 11.6 Å². The molecule has 1 amide bonds. The molecule has 3 aromatic rings. The topological polar surface area (TPSA) is 55.2 Å². The van der Waals surface area contributed by atoms with Crippen molar-refractivity contribution in [3.8, 4) is 0 Å². The summed E-state index contributed by atoms with van der Waals surface area (Å²) in [5, 5.41) is 0.505.